The lowest BCUT2D eigenvalue weighted by Gasteiger charge is -2.46. The highest BCUT2D eigenvalue weighted by Crippen LogP contribution is 2.62. The maximum Gasteiger partial charge on any atom is 0.0719 e. The van der Waals surface area contributed by atoms with Crippen LogP contribution >= 0.6 is 0 Å². The summed E-state index contributed by atoms with van der Waals surface area (Å²) in [7, 11) is 0. The van der Waals surface area contributed by atoms with Gasteiger partial charge in [0.15, 0.2) is 0 Å². The molecule has 1 spiro atoms. The van der Waals surface area contributed by atoms with Crippen LogP contribution in [0.15, 0.2) is 224 Å². The lowest BCUT2D eigenvalue weighted by Crippen LogP contribution is -2.40. The first-order chi connectivity index (χ1) is 29.0. The highest BCUT2D eigenvalue weighted by atomic mass is 15.1. The third-order valence-electron chi connectivity index (χ3n) is 13.0. The van der Waals surface area contributed by atoms with Gasteiger partial charge in [-0.2, -0.15) is 0 Å². The number of benzene rings is 9. The summed E-state index contributed by atoms with van der Waals surface area (Å²) in [6.07, 6.45) is 0. The van der Waals surface area contributed by atoms with E-state index < -0.39 is 5.41 Å². The zero-order valence-corrected chi connectivity index (χ0v) is 33.3. The molecule has 280 valence electrons. The molecule has 2 aliphatic carbocycles. The average Bonchev–Trinajstić information content (AvgIpc) is 3.60. The predicted octanol–water partition coefficient (Wildman–Crippen LogP) is 15.2. The molecule has 1 nitrogen and oxygen atoms in total. The Morgan fingerprint density at radius 2 is 0.627 bits per heavy atom. The minimum absolute atomic E-state index is 0.115. The highest BCUT2D eigenvalue weighted by molar-refractivity contribution is 5.90. The van der Waals surface area contributed by atoms with Crippen molar-refractivity contribution >= 4 is 17.1 Å². The molecule has 59 heavy (non-hydrogen) atoms. The van der Waals surface area contributed by atoms with E-state index in [4.69, 9.17) is 0 Å². The van der Waals surface area contributed by atoms with E-state index in [2.05, 4.69) is 243 Å². The van der Waals surface area contributed by atoms with Gasteiger partial charge in [0.2, 0.25) is 0 Å². The van der Waals surface area contributed by atoms with Gasteiger partial charge in [-0.25, -0.2) is 0 Å². The Balaban J connectivity index is 0.949. The van der Waals surface area contributed by atoms with E-state index in [-0.39, 0.29) is 5.41 Å². The molecule has 9 aromatic carbocycles. The molecular formula is C58H43N. The smallest absolute Gasteiger partial charge is 0.0719 e. The highest BCUT2D eigenvalue weighted by Gasteiger charge is 2.53. The van der Waals surface area contributed by atoms with Crippen molar-refractivity contribution in [2.45, 2.75) is 24.7 Å². The molecule has 1 heteroatoms. The van der Waals surface area contributed by atoms with Gasteiger partial charge in [0.25, 0.3) is 0 Å². The van der Waals surface area contributed by atoms with Gasteiger partial charge in [0, 0.05) is 22.5 Å². The van der Waals surface area contributed by atoms with E-state index in [1.807, 2.05) is 0 Å². The number of para-hydroxylation sites is 1. The molecule has 0 aromatic heterocycles. The van der Waals surface area contributed by atoms with Gasteiger partial charge >= 0.3 is 0 Å². The quantitative estimate of drug-likeness (QED) is 0.163. The summed E-state index contributed by atoms with van der Waals surface area (Å²) >= 11 is 0. The largest absolute Gasteiger partial charge is 0.311 e. The molecule has 0 saturated heterocycles. The third-order valence-corrected chi connectivity index (χ3v) is 13.0. The SMILES string of the molecule is CC1(C)c2ccccc2C2(c3ccccc3-c3ccc(-c4ccc(-c5ccc(N(c6ccccc6)c6ccc(-c7ccccc7)cc6)cc5)cc4)cc32)c2ccccc21. The Morgan fingerprint density at radius 3 is 1.17 bits per heavy atom. The van der Waals surface area contributed by atoms with E-state index in [9.17, 15) is 0 Å². The van der Waals surface area contributed by atoms with Gasteiger partial charge in [-0.3, -0.25) is 0 Å². The van der Waals surface area contributed by atoms with Crippen molar-refractivity contribution in [1.82, 2.24) is 0 Å². The molecule has 0 aliphatic heterocycles. The number of hydrogen-bond donors (Lipinski definition) is 0. The van der Waals surface area contributed by atoms with Gasteiger partial charge in [-0.15, -0.1) is 0 Å². The predicted molar refractivity (Wildman–Crippen MR) is 247 cm³/mol. The van der Waals surface area contributed by atoms with Gasteiger partial charge in [0.1, 0.15) is 0 Å². The zero-order valence-electron chi connectivity index (χ0n) is 33.3. The van der Waals surface area contributed by atoms with Crippen LogP contribution < -0.4 is 4.90 Å². The third kappa shape index (κ3) is 5.46. The van der Waals surface area contributed by atoms with Gasteiger partial charge < -0.3 is 4.90 Å². The van der Waals surface area contributed by atoms with Crippen LogP contribution in [0, 0.1) is 0 Å². The first-order valence-electron chi connectivity index (χ1n) is 20.7. The van der Waals surface area contributed by atoms with Crippen molar-refractivity contribution in [2.75, 3.05) is 4.90 Å². The summed E-state index contributed by atoms with van der Waals surface area (Å²) in [4.78, 5) is 2.32. The van der Waals surface area contributed by atoms with Gasteiger partial charge in [0.05, 0.1) is 5.41 Å². The van der Waals surface area contributed by atoms with E-state index in [0.717, 1.165) is 17.1 Å². The molecule has 0 heterocycles. The summed E-state index contributed by atoms with van der Waals surface area (Å²) in [6, 6.07) is 82.7. The molecule has 0 fully saturated rings. The fourth-order valence-electron chi connectivity index (χ4n) is 10.2. The van der Waals surface area contributed by atoms with Crippen LogP contribution in [0.2, 0.25) is 0 Å². The van der Waals surface area contributed by atoms with Crippen molar-refractivity contribution in [2.24, 2.45) is 0 Å². The number of anilines is 3. The first kappa shape index (κ1) is 35.0. The van der Waals surface area contributed by atoms with E-state index >= 15 is 0 Å². The van der Waals surface area contributed by atoms with Crippen LogP contribution in [-0.4, -0.2) is 0 Å². The monoisotopic (exact) mass is 753 g/mol. The van der Waals surface area contributed by atoms with Crippen molar-refractivity contribution in [3.63, 3.8) is 0 Å². The van der Waals surface area contributed by atoms with Crippen molar-refractivity contribution in [3.05, 3.63) is 258 Å². The molecule has 11 rings (SSSR count). The second-order valence-corrected chi connectivity index (χ2v) is 16.5. The van der Waals surface area contributed by atoms with E-state index in [1.54, 1.807) is 0 Å². The topological polar surface area (TPSA) is 3.24 Å². The van der Waals surface area contributed by atoms with Crippen LogP contribution in [0.4, 0.5) is 17.1 Å². The molecule has 2 aliphatic rings. The van der Waals surface area contributed by atoms with Crippen molar-refractivity contribution in [1.29, 1.82) is 0 Å². The second-order valence-electron chi connectivity index (χ2n) is 16.5. The molecule has 0 saturated carbocycles. The number of nitrogens with zero attached hydrogens (tertiary/aromatic N) is 1. The molecule has 0 amide bonds. The van der Waals surface area contributed by atoms with Crippen LogP contribution in [-0.2, 0) is 10.8 Å². The maximum atomic E-state index is 2.48. The van der Waals surface area contributed by atoms with Gasteiger partial charge in [-0.1, -0.05) is 196 Å². The molecule has 0 radical (unpaired) electrons. The first-order valence-corrected chi connectivity index (χ1v) is 20.7. The summed E-state index contributed by atoms with van der Waals surface area (Å²) in [5.41, 5.74) is 21.1. The molecule has 0 bridgehead atoms. The van der Waals surface area contributed by atoms with Crippen LogP contribution in [0.1, 0.15) is 47.2 Å². The van der Waals surface area contributed by atoms with E-state index in [0.29, 0.717) is 0 Å². The average molecular weight is 754 g/mol. The Hall–Kier alpha value is -7.22. The normalized spacial score (nSPS) is 13.9. The Labute approximate surface area is 347 Å². The minimum Gasteiger partial charge on any atom is -0.311 e. The maximum absolute atomic E-state index is 2.48. The van der Waals surface area contributed by atoms with Crippen LogP contribution in [0.3, 0.4) is 0 Å². The lowest BCUT2D eigenvalue weighted by atomic mass is 9.55. The Morgan fingerprint density at radius 1 is 0.271 bits per heavy atom. The van der Waals surface area contributed by atoms with Crippen molar-refractivity contribution < 1.29 is 0 Å². The number of fused-ring (bicyclic) bond motifs is 9. The molecule has 0 atom stereocenters. The number of hydrogen-bond acceptors (Lipinski definition) is 1. The number of rotatable bonds is 6. The van der Waals surface area contributed by atoms with Crippen LogP contribution in [0.5, 0.6) is 0 Å². The fraction of sp³-hybridized carbons (Fsp3) is 0.0690. The lowest BCUT2D eigenvalue weighted by molar-refractivity contribution is 0.563. The molecular weight excluding hydrogens is 711 g/mol. The van der Waals surface area contributed by atoms with Crippen molar-refractivity contribution in [3.8, 4) is 44.5 Å². The summed E-state index contributed by atoms with van der Waals surface area (Å²) in [5.74, 6) is 0. The zero-order chi connectivity index (χ0) is 39.6. The molecule has 0 N–H and O–H groups in total. The summed E-state index contributed by atoms with van der Waals surface area (Å²) in [5, 5.41) is 0. The Kier molecular flexibility index (Phi) is 8.13. The molecule has 9 aromatic rings. The second kappa shape index (κ2) is 13.7. The summed E-state index contributed by atoms with van der Waals surface area (Å²) < 4.78 is 0. The molecule has 0 unspecified atom stereocenters. The fourth-order valence-corrected chi connectivity index (χ4v) is 10.2. The summed E-state index contributed by atoms with van der Waals surface area (Å²) in [6.45, 7) is 4.77. The Bertz CT molecular complexity index is 2930. The van der Waals surface area contributed by atoms with Gasteiger partial charge in [-0.05, 0) is 120 Å². The minimum atomic E-state index is -0.399. The van der Waals surface area contributed by atoms with Crippen LogP contribution in [0.25, 0.3) is 44.5 Å². The standard InChI is InChI=1S/C58H43N/c1-57(2)52-21-11-13-23-54(52)58(55-24-14-12-22-53(55)57)51-20-10-9-19-49(51)50-38-33-45(39-56(50)58)44-27-25-41(26-28-44)43-31-36-48(37-32-43)59(46-17-7-4-8-18-46)47-34-29-42(30-35-47)40-15-5-3-6-16-40/h3-39H,1-2H3. The van der Waals surface area contributed by atoms with E-state index in [1.165, 1.54) is 77.9 Å².